The van der Waals surface area contributed by atoms with Crippen molar-refractivity contribution in [3.63, 3.8) is 0 Å². The van der Waals surface area contributed by atoms with Crippen molar-refractivity contribution in [1.29, 1.82) is 5.26 Å². The molecule has 4 rings (SSSR count). The Balaban J connectivity index is 1.41. The molecule has 1 amide bonds. The first kappa shape index (κ1) is 23.2. The van der Waals surface area contributed by atoms with Crippen LogP contribution < -0.4 is 9.62 Å². The summed E-state index contributed by atoms with van der Waals surface area (Å²) in [5, 5.41) is 13.9. The molecule has 3 aromatic rings. The Morgan fingerprint density at radius 3 is 2.76 bits per heavy atom. The lowest BCUT2D eigenvalue weighted by atomic mass is 9.98. The van der Waals surface area contributed by atoms with E-state index in [1.807, 2.05) is 6.07 Å². The minimum absolute atomic E-state index is 0.165. The maximum absolute atomic E-state index is 12.5. The Hall–Kier alpha value is -3.98. The van der Waals surface area contributed by atoms with Gasteiger partial charge in [0.2, 0.25) is 15.9 Å². The number of ether oxygens (including phenoxy) is 1. The predicted molar refractivity (Wildman–Crippen MR) is 120 cm³/mol. The summed E-state index contributed by atoms with van der Waals surface area (Å²) >= 11 is 0. The third kappa shape index (κ3) is 4.55. The third-order valence-corrected chi connectivity index (χ3v) is 6.56. The largest absolute Gasteiger partial charge is 0.462 e. The number of esters is 1. The van der Waals surface area contributed by atoms with Crippen LogP contribution >= 0.6 is 0 Å². The lowest BCUT2D eigenvalue weighted by Crippen LogP contribution is -2.55. The summed E-state index contributed by atoms with van der Waals surface area (Å²) in [5.41, 5.74) is 1.43. The van der Waals surface area contributed by atoms with Crippen molar-refractivity contribution >= 4 is 38.7 Å². The molecular formula is C22H21N5O6S. The Morgan fingerprint density at radius 2 is 2.06 bits per heavy atom. The van der Waals surface area contributed by atoms with Crippen molar-refractivity contribution < 1.29 is 27.3 Å². The molecule has 1 fully saturated rings. The molecule has 1 N–H and O–H groups in total. The smallest absolute Gasteiger partial charge is 0.340 e. The molecule has 176 valence electrons. The van der Waals surface area contributed by atoms with Gasteiger partial charge < -0.3 is 14.2 Å². The topological polar surface area (TPSA) is 155 Å². The van der Waals surface area contributed by atoms with E-state index in [9.17, 15) is 23.3 Å². The first-order chi connectivity index (χ1) is 16.2. The molecule has 0 bridgehead atoms. The molecule has 1 saturated heterocycles. The molecule has 2 aromatic heterocycles. The molecule has 3 heterocycles. The average Bonchev–Trinajstić information content (AvgIpc) is 3.14. The van der Waals surface area contributed by atoms with Gasteiger partial charge in [-0.2, -0.15) is 5.26 Å². The number of carbonyl (C=O) groups excluding carboxylic acids is 2. The van der Waals surface area contributed by atoms with Gasteiger partial charge in [-0.1, -0.05) is 17.3 Å². The lowest BCUT2D eigenvalue weighted by molar-refractivity contribution is -0.123. The van der Waals surface area contributed by atoms with Crippen LogP contribution in [-0.2, 0) is 25.3 Å². The van der Waals surface area contributed by atoms with E-state index < -0.39 is 33.6 Å². The number of rotatable bonds is 7. The first-order valence-corrected chi connectivity index (χ1v) is 12.1. The van der Waals surface area contributed by atoms with Gasteiger partial charge in [0.25, 0.3) is 0 Å². The number of benzene rings is 1. The van der Waals surface area contributed by atoms with Gasteiger partial charge >= 0.3 is 5.97 Å². The standard InChI is InChI=1S/C22H21N5O6S/c1-3-32-22(29)17-8-14(9-23)20(24-13(17)2)27-10-15(11-27)21(28)26-34(30,31)12-18-16-6-4-5-7-19(16)33-25-18/h4-8,15H,3,10-12H2,1-2H3,(H,26,28). The number of amides is 1. The van der Waals surface area contributed by atoms with E-state index in [0.29, 0.717) is 22.5 Å². The third-order valence-electron chi connectivity index (χ3n) is 5.40. The van der Waals surface area contributed by atoms with Crippen LogP contribution in [0.25, 0.3) is 11.0 Å². The highest BCUT2D eigenvalue weighted by Gasteiger charge is 2.37. The van der Waals surface area contributed by atoms with Gasteiger partial charge in [-0.15, -0.1) is 0 Å². The van der Waals surface area contributed by atoms with Crippen molar-refractivity contribution in [2.75, 3.05) is 24.6 Å². The molecule has 0 saturated carbocycles. The Labute approximate surface area is 195 Å². The first-order valence-electron chi connectivity index (χ1n) is 10.4. The van der Waals surface area contributed by atoms with Gasteiger partial charge in [0.15, 0.2) is 5.58 Å². The Kier molecular flexibility index (Phi) is 6.21. The number of para-hydroxylation sites is 1. The number of carbonyl (C=O) groups is 2. The zero-order chi connectivity index (χ0) is 24.5. The number of aryl methyl sites for hydroxylation is 1. The van der Waals surface area contributed by atoms with Crippen LogP contribution in [0.3, 0.4) is 0 Å². The average molecular weight is 484 g/mol. The minimum atomic E-state index is -4.00. The molecule has 1 aliphatic heterocycles. The van der Waals surface area contributed by atoms with Gasteiger partial charge in [0.05, 0.1) is 29.3 Å². The number of sulfonamides is 1. The summed E-state index contributed by atoms with van der Waals surface area (Å²) in [6, 6.07) is 10.3. The zero-order valence-corrected chi connectivity index (χ0v) is 19.3. The molecule has 0 atom stereocenters. The van der Waals surface area contributed by atoms with Crippen molar-refractivity contribution in [1.82, 2.24) is 14.9 Å². The molecule has 0 spiro atoms. The van der Waals surface area contributed by atoms with E-state index >= 15 is 0 Å². The number of aromatic nitrogens is 2. The van der Waals surface area contributed by atoms with Crippen molar-refractivity contribution in [2.24, 2.45) is 5.92 Å². The van der Waals surface area contributed by atoms with Crippen LogP contribution in [0.4, 0.5) is 5.82 Å². The van der Waals surface area contributed by atoms with E-state index in [4.69, 9.17) is 9.26 Å². The number of hydrogen-bond donors (Lipinski definition) is 1. The van der Waals surface area contributed by atoms with Crippen LogP contribution in [-0.4, -0.2) is 50.1 Å². The molecular weight excluding hydrogens is 462 g/mol. The normalized spacial score (nSPS) is 13.9. The molecule has 11 nitrogen and oxygen atoms in total. The van der Waals surface area contributed by atoms with Crippen molar-refractivity contribution in [2.45, 2.75) is 19.6 Å². The highest BCUT2D eigenvalue weighted by molar-refractivity contribution is 7.89. The van der Waals surface area contributed by atoms with Crippen LogP contribution in [0, 0.1) is 24.2 Å². The second kappa shape index (κ2) is 9.11. The number of pyridine rings is 1. The lowest BCUT2D eigenvalue weighted by Gasteiger charge is -2.39. The number of fused-ring (bicyclic) bond motifs is 1. The van der Waals surface area contributed by atoms with Crippen molar-refractivity contribution in [3.8, 4) is 6.07 Å². The number of nitrogens with one attached hydrogen (secondary N) is 1. The van der Waals surface area contributed by atoms with Gasteiger partial charge in [0.1, 0.15) is 23.3 Å². The second-order valence-electron chi connectivity index (χ2n) is 7.78. The van der Waals surface area contributed by atoms with Gasteiger partial charge in [-0.25, -0.2) is 18.2 Å². The van der Waals surface area contributed by atoms with Gasteiger partial charge in [-0.3, -0.25) is 9.52 Å². The predicted octanol–water partition coefficient (Wildman–Crippen LogP) is 1.66. The van der Waals surface area contributed by atoms with E-state index in [1.54, 1.807) is 43.0 Å². The van der Waals surface area contributed by atoms with Gasteiger partial charge in [-0.05, 0) is 32.0 Å². The Bertz CT molecular complexity index is 1420. The molecule has 1 aromatic carbocycles. The van der Waals surface area contributed by atoms with Gasteiger partial charge in [0, 0.05) is 18.5 Å². The SMILES string of the molecule is CCOC(=O)c1cc(C#N)c(N2CC(C(=O)NS(=O)(=O)Cc3noc4ccccc34)C2)nc1C. The molecule has 1 aliphatic rings. The molecule has 12 heteroatoms. The monoisotopic (exact) mass is 483 g/mol. The summed E-state index contributed by atoms with van der Waals surface area (Å²) in [7, 11) is -4.00. The van der Waals surface area contributed by atoms with Crippen molar-refractivity contribution in [3.05, 3.63) is 52.8 Å². The van der Waals surface area contributed by atoms with E-state index in [0.717, 1.165) is 0 Å². The number of nitrogens with zero attached hydrogens (tertiary/aromatic N) is 4. The number of nitriles is 1. The fourth-order valence-corrected chi connectivity index (χ4v) is 4.76. The van der Waals surface area contributed by atoms with Crippen LogP contribution in [0.15, 0.2) is 34.9 Å². The summed E-state index contributed by atoms with van der Waals surface area (Å²) in [5.74, 6) is -2.00. The number of anilines is 1. The van der Waals surface area contributed by atoms with E-state index in [-0.39, 0.29) is 36.5 Å². The summed E-state index contributed by atoms with van der Waals surface area (Å²) in [4.78, 5) is 30.6. The second-order valence-corrected chi connectivity index (χ2v) is 9.50. The zero-order valence-electron chi connectivity index (χ0n) is 18.4. The molecule has 34 heavy (non-hydrogen) atoms. The molecule has 0 aliphatic carbocycles. The summed E-state index contributed by atoms with van der Waals surface area (Å²) in [6.07, 6.45) is 0. The highest BCUT2D eigenvalue weighted by atomic mass is 32.2. The van der Waals surface area contributed by atoms with Crippen LogP contribution in [0.5, 0.6) is 0 Å². The summed E-state index contributed by atoms with van der Waals surface area (Å²) < 4.78 is 37.2. The van der Waals surface area contributed by atoms with E-state index in [1.165, 1.54) is 6.07 Å². The van der Waals surface area contributed by atoms with Crippen LogP contribution in [0.1, 0.15) is 34.2 Å². The number of hydrogen-bond acceptors (Lipinski definition) is 10. The summed E-state index contributed by atoms with van der Waals surface area (Å²) in [6.45, 7) is 3.85. The molecule has 0 radical (unpaired) electrons. The van der Waals surface area contributed by atoms with Crippen LogP contribution in [0.2, 0.25) is 0 Å². The molecule has 0 unspecified atom stereocenters. The minimum Gasteiger partial charge on any atom is -0.462 e. The maximum Gasteiger partial charge on any atom is 0.340 e. The Morgan fingerprint density at radius 1 is 1.32 bits per heavy atom. The van der Waals surface area contributed by atoms with E-state index in [2.05, 4.69) is 14.9 Å². The highest BCUT2D eigenvalue weighted by Crippen LogP contribution is 2.28. The fraction of sp³-hybridized carbons (Fsp3) is 0.318. The quantitative estimate of drug-likeness (QED) is 0.490. The fourth-order valence-electron chi connectivity index (χ4n) is 3.64. The maximum atomic E-state index is 12.5.